The van der Waals surface area contributed by atoms with E-state index >= 15 is 0 Å². The van der Waals surface area contributed by atoms with Gasteiger partial charge in [-0.1, -0.05) is 30.3 Å². The van der Waals surface area contributed by atoms with Crippen molar-refractivity contribution in [2.75, 3.05) is 23.7 Å². The highest BCUT2D eigenvalue weighted by atomic mass is 16.5. The summed E-state index contributed by atoms with van der Waals surface area (Å²) in [4.78, 5) is 50.7. The van der Waals surface area contributed by atoms with Gasteiger partial charge in [-0.05, 0) is 31.0 Å². The van der Waals surface area contributed by atoms with Gasteiger partial charge >= 0.3 is 5.97 Å². The second-order valence-electron chi connectivity index (χ2n) is 7.39. The Morgan fingerprint density at radius 3 is 1.94 bits per heavy atom. The van der Waals surface area contributed by atoms with Gasteiger partial charge in [-0.15, -0.1) is 0 Å². The smallest absolute Gasteiger partial charge is 0.339 e. The van der Waals surface area contributed by atoms with Gasteiger partial charge in [-0.2, -0.15) is 0 Å². The van der Waals surface area contributed by atoms with Crippen LogP contribution in [0.3, 0.4) is 0 Å². The van der Waals surface area contributed by atoms with Crippen molar-refractivity contribution in [1.82, 2.24) is 4.90 Å². The van der Waals surface area contributed by atoms with Gasteiger partial charge in [0.05, 0.1) is 5.56 Å². The predicted molar refractivity (Wildman–Crippen MR) is 115 cm³/mol. The Kier molecular flexibility index (Phi) is 7.02. The minimum Gasteiger partial charge on any atom is -0.444 e. The number of rotatable bonds is 6. The van der Waals surface area contributed by atoms with E-state index < -0.39 is 12.1 Å². The molecule has 3 amide bonds. The largest absolute Gasteiger partial charge is 0.444 e. The molecule has 8 heteroatoms. The number of ether oxygens (including phenoxy) is 1. The third kappa shape index (κ3) is 5.91. The molecule has 8 nitrogen and oxygen atoms in total. The molecule has 1 heterocycles. The maximum absolute atomic E-state index is 13.1. The molecular weight excluding hydrogens is 398 g/mol. The maximum atomic E-state index is 13.1. The summed E-state index contributed by atoms with van der Waals surface area (Å²) in [6.07, 6.45) is 0.750. The first-order valence-electron chi connectivity index (χ1n) is 10.1. The van der Waals surface area contributed by atoms with Gasteiger partial charge in [0, 0.05) is 43.9 Å². The average Bonchev–Trinajstić information content (AvgIpc) is 3.25. The normalized spacial score (nSPS) is 13.9. The Morgan fingerprint density at radius 1 is 0.871 bits per heavy atom. The molecule has 0 bridgehead atoms. The van der Waals surface area contributed by atoms with E-state index in [1.165, 1.54) is 32.0 Å². The molecule has 0 unspecified atom stereocenters. The molecule has 1 aliphatic heterocycles. The third-order valence-electron chi connectivity index (χ3n) is 4.78. The summed E-state index contributed by atoms with van der Waals surface area (Å²) in [7, 11) is 0. The van der Waals surface area contributed by atoms with Crippen molar-refractivity contribution >= 4 is 35.1 Å². The quantitative estimate of drug-likeness (QED) is 0.695. The number of anilines is 2. The Bertz CT molecular complexity index is 950. The highest BCUT2D eigenvalue weighted by molar-refractivity contribution is 5.98. The lowest BCUT2D eigenvalue weighted by molar-refractivity contribution is -0.140. The van der Waals surface area contributed by atoms with Crippen LogP contribution in [-0.4, -0.2) is 41.7 Å². The molecule has 1 aliphatic rings. The van der Waals surface area contributed by atoms with Crippen molar-refractivity contribution in [3.05, 3.63) is 59.7 Å². The number of benzene rings is 2. The minimum atomic E-state index is -1.08. The summed E-state index contributed by atoms with van der Waals surface area (Å²) in [5, 5.41) is 5.19. The summed E-state index contributed by atoms with van der Waals surface area (Å²) >= 11 is 0. The molecule has 1 saturated heterocycles. The zero-order valence-corrected chi connectivity index (χ0v) is 17.5. The Labute approximate surface area is 180 Å². The first-order chi connectivity index (χ1) is 14.8. The molecule has 0 saturated carbocycles. The Balaban J connectivity index is 1.90. The number of nitrogens with one attached hydrogen (secondary N) is 2. The van der Waals surface area contributed by atoms with E-state index in [1.807, 2.05) is 6.07 Å². The van der Waals surface area contributed by atoms with E-state index in [9.17, 15) is 19.2 Å². The number of esters is 1. The van der Waals surface area contributed by atoms with Crippen molar-refractivity contribution in [1.29, 1.82) is 0 Å². The van der Waals surface area contributed by atoms with Crippen LogP contribution in [0.1, 0.15) is 48.7 Å². The standard InChI is InChI=1S/C23H25N3O5/c1-15(27)24-19-12-18(13-20(14-19)25-16(2)28)23(30)31-21(17-8-4-3-5-9-17)22(29)26-10-6-7-11-26/h3-5,8-9,12-14,21H,6-7,10-11H2,1-2H3,(H,24,27)(H,25,28)/t21-/m1/s1. The van der Waals surface area contributed by atoms with Crippen molar-refractivity contribution in [3.63, 3.8) is 0 Å². The highest BCUT2D eigenvalue weighted by Crippen LogP contribution is 2.26. The van der Waals surface area contributed by atoms with Crippen LogP contribution in [0.25, 0.3) is 0 Å². The molecule has 0 aliphatic carbocycles. The maximum Gasteiger partial charge on any atom is 0.339 e. The summed E-state index contributed by atoms with van der Waals surface area (Å²) < 4.78 is 5.66. The number of hydrogen-bond acceptors (Lipinski definition) is 5. The molecule has 0 radical (unpaired) electrons. The first kappa shape index (κ1) is 22.0. The lowest BCUT2D eigenvalue weighted by atomic mass is 10.1. The Hall–Kier alpha value is -3.68. The summed E-state index contributed by atoms with van der Waals surface area (Å²) in [5.74, 6) is -1.66. The SMILES string of the molecule is CC(=O)Nc1cc(NC(C)=O)cc(C(=O)O[C@@H](C(=O)N2CCCC2)c2ccccc2)c1. The van der Waals surface area contributed by atoms with Crippen LogP contribution in [0.15, 0.2) is 48.5 Å². The number of carbonyl (C=O) groups excluding carboxylic acids is 4. The van der Waals surface area contributed by atoms with Crippen LogP contribution in [0.5, 0.6) is 0 Å². The van der Waals surface area contributed by atoms with Gasteiger partial charge in [-0.25, -0.2) is 4.79 Å². The molecule has 2 aromatic carbocycles. The number of carbonyl (C=O) groups is 4. The van der Waals surface area contributed by atoms with Gasteiger partial charge in [-0.3, -0.25) is 14.4 Å². The minimum absolute atomic E-state index is 0.102. The van der Waals surface area contributed by atoms with Crippen molar-refractivity contribution < 1.29 is 23.9 Å². The van der Waals surface area contributed by atoms with Gasteiger partial charge in [0.2, 0.25) is 17.9 Å². The number of hydrogen-bond donors (Lipinski definition) is 2. The van der Waals surface area contributed by atoms with E-state index in [-0.39, 0.29) is 23.3 Å². The van der Waals surface area contributed by atoms with E-state index in [2.05, 4.69) is 10.6 Å². The molecule has 1 atom stereocenters. The van der Waals surface area contributed by atoms with Crippen molar-refractivity contribution in [2.45, 2.75) is 32.8 Å². The summed E-state index contributed by atoms with van der Waals surface area (Å²) in [6, 6.07) is 13.3. The Morgan fingerprint density at radius 2 is 1.42 bits per heavy atom. The van der Waals surface area contributed by atoms with Gasteiger partial charge < -0.3 is 20.3 Å². The second-order valence-corrected chi connectivity index (χ2v) is 7.39. The fraction of sp³-hybridized carbons (Fsp3) is 0.304. The first-order valence-corrected chi connectivity index (χ1v) is 10.1. The monoisotopic (exact) mass is 423 g/mol. The summed E-state index contributed by atoms with van der Waals surface area (Å²) in [5.41, 5.74) is 1.33. The van der Waals surface area contributed by atoms with Crippen LogP contribution < -0.4 is 10.6 Å². The molecule has 3 rings (SSSR count). The molecule has 1 fully saturated rings. The predicted octanol–water partition coefficient (Wildman–Crippen LogP) is 3.12. The topological polar surface area (TPSA) is 105 Å². The van der Waals surface area contributed by atoms with Crippen LogP contribution in [-0.2, 0) is 19.1 Å². The van der Waals surface area contributed by atoms with Gasteiger partial charge in [0.15, 0.2) is 0 Å². The lowest BCUT2D eigenvalue weighted by Crippen LogP contribution is -2.34. The second kappa shape index (κ2) is 9.88. The number of amides is 3. The van der Waals surface area contributed by atoms with Crippen LogP contribution in [0.4, 0.5) is 11.4 Å². The molecular formula is C23H25N3O5. The fourth-order valence-electron chi connectivity index (χ4n) is 3.46. The van der Waals surface area contributed by atoms with Crippen LogP contribution >= 0.6 is 0 Å². The molecule has 31 heavy (non-hydrogen) atoms. The van der Waals surface area contributed by atoms with E-state index in [0.29, 0.717) is 30.0 Å². The average molecular weight is 423 g/mol. The zero-order chi connectivity index (χ0) is 22.4. The molecule has 0 aromatic heterocycles. The number of nitrogens with zero attached hydrogens (tertiary/aromatic N) is 1. The zero-order valence-electron chi connectivity index (χ0n) is 17.5. The van der Waals surface area contributed by atoms with Crippen molar-refractivity contribution in [3.8, 4) is 0 Å². The highest BCUT2D eigenvalue weighted by Gasteiger charge is 2.31. The molecule has 2 aromatic rings. The van der Waals surface area contributed by atoms with Crippen LogP contribution in [0.2, 0.25) is 0 Å². The van der Waals surface area contributed by atoms with E-state index in [0.717, 1.165) is 12.8 Å². The lowest BCUT2D eigenvalue weighted by Gasteiger charge is -2.23. The molecule has 0 spiro atoms. The third-order valence-corrected chi connectivity index (χ3v) is 4.78. The van der Waals surface area contributed by atoms with Gasteiger partial charge in [0.1, 0.15) is 0 Å². The van der Waals surface area contributed by atoms with E-state index in [1.54, 1.807) is 29.2 Å². The molecule has 2 N–H and O–H groups in total. The van der Waals surface area contributed by atoms with E-state index in [4.69, 9.17) is 4.74 Å². The van der Waals surface area contributed by atoms with Gasteiger partial charge in [0.25, 0.3) is 5.91 Å². The summed E-state index contributed by atoms with van der Waals surface area (Å²) in [6.45, 7) is 3.93. The van der Waals surface area contributed by atoms with Crippen molar-refractivity contribution in [2.24, 2.45) is 0 Å². The molecule has 162 valence electrons. The fourth-order valence-corrected chi connectivity index (χ4v) is 3.46. The van der Waals surface area contributed by atoms with Crippen LogP contribution in [0, 0.1) is 0 Å². The number of likely N-dealkylation sites (tertiary alicyclic amines) is 1.